The maximum atomic E-state index is 5.25. The number of fused-ring (bicyclic) bond motifs is 3. The number of anilines is 1. The Hall–Kier alpha value is -2.30. The van der Waals surface area contributed by atoms with Gasteiger partial charge in [-0.2, -0.15) is 0 Å². The Balaban J connectivity index is 2.40. The van der Waals surface area contributed by atoms with Crippen molar-refractivity contribution in [2.45, 2.75) is 0 Å². The SMILES string of the molecule is COc1ccc2[nH]c3c(N(C)C)ncnc3c2c1. The second-order valence-corrected chi connectivity index (χ2v) is 4.35. The third-order valence-corrected chi connectivity index (χ3v) is 2.99. The van der Waals surface area contributed by atoms with Gasteiger partial charge in [0.1, 0.15) is 23.1 Å². The molecule has 1 N–H and O–H groups in total. The summed E-state index contributed by atoms with van der Waals surface area (Å²) in [6, 6.07) is 5.91. The Labute approximate surface area is 104 Å². The zero-order chi connectivity index (χ0) is 12.7. The summed E-state index contributed by atoms with van der Waals surface area (Å²) in [5, 5.41) is 1.05. The Morgan fingerprint density at radius 3 is 2.78 bits per heavy atom. The topological polar surface area (TPSA) is 54.0 Å². The zero-order valence-electron chi connectivity index (χ0n) is 10.6. The van der Waals surface area contributed by atoms with Crippen LogP contribution in [0.4, 0.5) is 5.82 Å². The monoisotopic (exact) mass is 242 g/mol. The molecule has 92 valence electrons. The van der Waals surface area contributed by atoms with Gasteiger partial charge in [0, 0.05) is 25.0 Å². The van der Waals surface area contributed by atoms with E-state index in [2.05, 4.69) is 15.0 Å². The molecule has 0 atom stereocenters. The van der Waals surface area contributed by atoms with Crippen molar-refractivity contribution in [2.75, 3.05) is 26.1 Å². The molecule has 2 aromatic heterocycles. The van der Waals surface area contributed by atoms with Crippen LogP contribution in [0.3, 0.4) is 0 Å². The van der Waals surface area contributed by atoms with Crippen LogP contribution in [0.2, 0.25) is 0 Å². The minimum Gasteiger partial charge on any atom is -0.497 e. The maximum Gasteiger partial charge on any atom is 0.155 e. The van der Waals surface area contributed by atoms with E-state index < -0.39 is 0 Å². The fraction of sp³-hybridized carbons (Fsp3) is 0.231. The molecule has 0 saturated carbocycles. The average molecular weight is 242 g/mol. The highest BCUT2D eigenvalue weighted by atomic mass is 16.5. The van der Waals surface area contributed by atoms with Gasteiger partial charge in [-0.15, -0.1) is 0 Å². The predicted octanol–water partition coefficient (Wildman–Crippen LogP) is 2.19. The summed E-state index contributed by atoms with van der Waals surface area (Å²) in [5.74, 6) is 1.71. The minimum absolute atomic E-state index is 0.827. The first-order chi connectivity index (χ1) is 8.70. The molecule has 1 aromatic carbocycles. The van der Waals surface area contributed by atoms with E-state index in [4.69, 9.17) is 4.74 Å². The molecule has 0 unspecified atom stereocenters. The normalized spacial score (nSPS) is 11.1. The lowest BCUT2D eigenvalue weighted by molar-refractivity contribution is 0.415. The highest BCUT2D eigenvalue weighted by Gasteiger charge is 2.12. The number of nitrogens with zero attached hydrogens (tertiary/aromatic N) is 3. The van der Waals surface area contributed by atoms with E-state index in [9.17, 15) is 0 Å². The highest BCUT2D eigenvalue weighted by Crippen LogP contribution is 2.30. The van der Waals surface area contributed by atoms with E-state index >= 15 is 0 Å². The van der Waals surface area contributed by atoms with Crippen LogP contribution in [0.1, 0.15) is 0 Å². The van der Waals surface area contributed by atoms with Gasteiger partial charge in [-0.3, -0.25) is 0 Å². The Morgan fingerprint density at radius 2 is 2.06 bits per heavy atom. The molecule has 0 aliphatic carbocycles. The number of H-pyrrole nitrogens is 1. The second-order valence-electron chi connectivity index (χ2n) is 4.35. The van der Waals surface area contributed by atoms with Crippen molar-refractivity contribution < 1.29 is 4.74 Å². The number of hydrogen-bond donors (Lipinski definition) is 1. The third kappa shape index (κ3) is 1.48. The molecule has 0 aliphatic heterocycles. The van der Waals surface area contributed by atoms with E-state index in [0.717, 1.165) is 33.5 Å². The summed E-state index contributed by atoms with van der Waals surface area (Å²) in [7, 11) is 5.60. The lowest BCUT2D eigenvalue weighted by atomic mass is 10.2. The summed E-state index contributed by atoms with van der Waals surface area (Å²) < 4.78 is 5.25. The number of aromatic amines is 1. The van der Waals surface area contributed by atoms with Crippen molar-refractivity contribution >= 4 is 27.8 Å². The van der Waals surface area contributed by atoms with Crippen molar-refractivity contribution in [3.8, 4) is 5.75 Å². The first kappa shape index (κ1) is 10.8. The van der Waals surface area contributed by atoms with Gasteiger partial charge in [0.2, 0.25) is 0 Å². The lowest BCUT2D eigenvalue weighted by Crippen LogP contribution is -2.11. The van der Waals surface area contributed by atoms with Gasteiger partial charge in [0.15, 0.2) is 5.82 Å². The van der Waals surface area contributed by atoms with Gasteiger partial charge in [-0.1, -0.05) is 0 Å². The molecular weight excluding hydrogens is 228 g/mol. The molecule has 5 nitrogen and oxygen atoms in total. The Morgan fingerprint density at radius 1 is 1.22 bits per heavy atom. The first-order valence-corrected chi connectivity index (χ1v) is 5.68. The number of benzene rings is 1. The quantitative estimate of drug-likeness (QED) is 0.748. The summed E-state index contributed by atoms with van der Waals surface area (Å²) >= 11 is 0. The van der Waals surface area contributed by atoms with Crippen molar-refractivity contribution in [3.63, 3.8) is 0 Å². The van der Waals surface area contributed by atoms with E-state index in [1.807, 2.05) is 37.2 Å². The van der Waals surface area contributed by atoms with Gasteiger partial charge < -0.3 is 14.6 Å². The second kappa shape index (κ2) is 3.87. The van der Waals surface area contributed by atoms with Crippen molar-refractivity contribution in [1.82, 2.24) is 15.0 Å². The molecule has 0 saturated heterocycles. The standard InChI is InChI=1S/C13H14N4O/c1-17(2)13-12-11(14-7-15-13)9-6-8(18-3)4-5-10(9)16-12/h4-7,16H,1-3H3. The molecule has 0 fully saturated rings. The fourth-order valence-corrected chi connectivity index (χ4v) is 2.12. The fourth-order valence-electron chi connectivity index (χ4n) is 2.12. The van der Waals surface area contributed by atoms with Crippen LogP contribution in [-0.4, -0.2) is 36.2 Å². The van der Waals surface area contributed by atoms with Crippen molar-refractivity contribution in [2.24, 2.45) is 0 Å². The summed E-state index contributed by atoms with van der Waals surface area (Å²) in [4.78, 5) is 14.0. The van der Waals surface area contributed by atoms with Crippen LogP contribution in [0.15, 0.2) is 24.5 Å². The first-order valence-electron chi connectivity index (χ1n) is 5.68. The van der Waals surface area contributed by atoms with Crippen LogP contribution in [0, 0.1) is 0 Å². The molecule has 0 amide bonds. The summed E-state index contributed by atoms with van der Waals surface area (Å²) in [6.07, 6.45) is 1.59. The number of ether oxygens (including phenoxy) is 1. The molecule has 0 radical (unpaired) electrons. The van der Waals surface area contributed by atoms with E-state index in [0.29, 0.717) is 0 Å². The average Bonchev–Trinajstić information content (AvgIpc) is 2.75. The van der Waals surface area contributed by atoms with Gasteiger partial charge in [0.05, 0.1) is 7.11 Å². The molecule has 2 heterocycles. The number of nitrogens with one attached hydrogen (secondary N) is 1. The molecule has 3 aromatic rings. The molecule has 18 heavy (non-hydrogen) atoms. The van der Waals surface area contributed by atoms with Crippen LogP contribution in [0.25, 0.3) is 21.9 Å². The lowest BCUT2D eigenvalue weighted by Gasteiger charge is -2.10. The van der Waals surface area contributed by atoms with Crippen molar-refractivity contribution in [3.05, 3.63) is 24.5 Å². The Bertz CT molecular complexity index is 717. The number of rotatable bonds is 2. The molecule has 0 spiro atoms. The largest absolute Gasteiger partial charge is 0.497 e. The van der Waals surface area contributed by atoms with E-state index in [1.165, 1.54) is 0 Å². The van der Waals surface area contributed by atoms with Gasteiger partial charge in [-0.25, -0.2) is 9.97 Å². The Kier molecular flexibility index (Phi) is 2.33. The molecule has 5 heteroatoms. The number of methoxy groups -OCH3 is 1. The smallest absolute Gasteiger partial charge is 0.155 e. The van der Waals surface area contributed by atoms with E-state index in [1.54, 1.807) is 13.4 Å². The van der Waals surface area contributed by atoms with Crippen molar-refractivity contribution in [1.29, 1.82) is 0 Å². The minimum atomic E-state index is 0.827. The molecule has 0 bridgehead atoms. The maximum absolute atomic E-state index is 5.25. The van der Waals surface area contributed by atoms with Gasteiger partial charge >= 0.3 is 0 Å². The summed E-state index contributed by atoms with van der Waals surface area (Å²) in [5.41, 5.74) is 2.91. The number of hydrogen-bond acceptors (Lipinski definition) is 4. The van der Waals surface area contributed by atoms with Crippen LogP contribution in [0.5, 0.6) is 5.75 Å². The van der Waals surface area contributed by atoms with Crippen LogP contribution >= 0.6 is 0 Å². The third-order valence-electron chi connectivity index (χ3n) is 2.99. The molecule has 3 rings (SSSR count). The van der Waals surface area contributed by atoms with Crippen LogP contribution < -0.4 is 9.64 Å². The summed E-state index contributed by atoms with van der Waals surface area (Å²) in [6.45, 7) is 0. The molecular formula is C13H14N4O. The van der Waals surface area contributed by atoms with Gasteiger partial charge in [-0.05, 0) is 18.2 Å². The predicted molar refractivity (Wildman–Crippen MR) is 72.3 cm³/mol. The highest BCUT2D eigenvalue weighted by molar-refractivity contribution is 6.08. The molecule has 0 aliphatic rings. The zero-order valence-corrected chi connectivity index (χ0v) is 10.6. The number of aromatic nitrogens is 3. The van der Waals surface area contributed by atoms with Gasteiger partial charge in [0.25, 0.3) is 0 Å². The van der Waals surface area contributed by atoms with E-state index in [-0.39, 0.29) is 0 Å². The van der Waals surface area contributed by atoms with Crippen LogP contribution in [-0.2, 0) is 0 Å².